The Hall–Kier alpha value is -2.16. The summed E-state index contributed by atoms with van der Waals surface area (Å²) in [4.78, 5) is 14.3. The molecular weight excluding hydrogens is 342 g/mol. The number of fused-ring (bicyclic) bond motifs is 1. The number of hydrogen-bond donors (Lipinski definition) is 0. The molecule has 6 atom stereocenters. The van der Waals surface area contributed by atoms with E-state index >= 15 is 0 Å². The Bertz CT molecular complexity index is 666. The third-order valence-electron chi connectivity index (χ3n) is 4.52. The number of benzene rings is 1. The third kappa shape index (κ3) is 3.98. The van der Waals surface area contributed by atoms with Crippen LogP contribution in [0.3, 0.4) is 0 Å². The van der Waals surface area contributed by atoms with Crippen molar-refractivity contribution >= 4 is 5.97 Å². The molecule has 0 bridgehead atoms. The van der Waals surface area contributed by atoms with Crippen molar-refractivity contribution in [2.45, 2.75) is 37.8 Å². The van der Waals surface area contributed by atoms with E-state index in [1.165, 1.54) is 7.11 Å². The minimum Gasteiger partial charge on any atom is -0.467 e. The number of ether oxygens (including phenoxy) is 5. The zero-order valence-electron chi connectivity index (χ0n) is 14.6. The second-order valence-electron chi connectivity index (χ2n) is 6.16. The Morgan fingerprint density at radius 2 is 2.12 bits per heavy atom. The quantitative estimate of drug-likeness (QED) is 0.343. The third-order valence-corrected chi connectivity index (χ3v) is 4.52. The van der Waals surface area contributed by atoms with Crippen LogP contribution in [0.2, 0.25) is 0 Å². The van der Waals surface area contributed by atoms with Crippen LogP contribution in [0.1, 0.15) is 18.8 Å². The van der Waals surface area contributed by atoms with Gasteiger partial charge < -0.3 is 23.7 Å². The van der Waals surface area contributed by atoms with E-state index in [2.05, 4.69) is 14.8 Å². The van der Waals surface area contributed by atoms with E-state index in [0.29, 0.717) is 0 Å². The molecule has 9 heteroatoms. The summed E-state index contributed by atoms with van der Waals surface area (Å²) >= 11 is 0. The summed E-state index contributed by atoms with van der Waals surface area (Å²) in [6.07, 6.45) is -2.75. The molecule has 2 heterocycles. The number of carbonyl (C=O) groups excluding carboxylic acids is 1. The minimum absolute atomic E-state index is 0.224. The van der Waals surface area contributed by atoms with Crippen LogP contribution < -0.4 is 0 Å². The van der Waals surface area contributed by atoms with E-state index in [0.717, 1.165) is 5.56 Å². The zero-order chi connectivity index (χ0) is 18.5. The van der Waals surface area contributed by atoms with Crippen molar-refractivity contribution in [2.75, 3.05) is 20.3 Å². The van der Waals surface area contributed by atoms with Crippen molar-refractivity contribution in [3.05, 3.63) is 46.3 Å². The summed E-state index contributed by atoms with van der Waals surface area (Å²) in [5, 5.41) is 3.68. The molecule has 1 aromatic rings. The maximum atomic E-state index is 11.5. The van der Waals surface area contributed by atoms with Crippen LogP contribution in [0.15, 0.2) is 35.4 Å². The molecular formula is C17H21N3O6. The standard InChI is InChI=1S/C17H21N3O6/c1-10-14(23-9-13(21)22-2)15-12(25-16(10)19-20-18)8-24-17(26-15)11-6-4-3-5-7-11/h3-7,10,12,14-17H,8-9H2,1-2H3/t10?,12?,14-,15+,16-,17?/m1/s1. The van der Waals surface area contributed by atoms with Gasteiger partial charge in [0.2, 0.25) is 0 Å². The highest BCUT2D eigenvalue weighted by Crippen LogP contribution is 2.37. The number of rotatable bonds is 5. The molecule has 2 aliphatic rings. The average molecular weight is 363 g/mol. The lowest BCUT2D eigenvalue weighted by molar-refractivity contribution is -0.324. The fourth-order valence-corrected chi connectivity index (χ4v) is 3.15. The number of azide groups is 1. The van der Waals surface area contributed by atoms with E-state index < -0.39 is 36.8 Å². The number of nitrogens with zero attached hydrogens (tertiary/aromatic N) is 3. The highest BCUT2D eigenvalue weighted by molar-refractivity contribution is 5.70. The minimum atomic E-state index is -0.732. The first-order valence-electron chi connectivity index (χ1n) is 8.34. The summed E-state index contributed by atoms with van der Waals surface area (Å²) in [6.45, 7) is 1.86. The molecule has 0 N–H and O–H groups in total. The van der Waals surface area contributed by atoms with Crippen molar-refractivity contribution in [1.82, 2.24) is 0 Å². The normalized spacial score (nSPS) is 33.6. The van der Waals surface area contributed by atoms with Gasteiger partial charge in [0.05, 0.1) is 19.8 Å². The van der Waals surface area contributed by atoms with E-state index in [1.807, 2.05) is 37.3 Å². The molecule has 2 saturated heterocycles. The number of esters is 1. The van der Waals surface area contributed by atoms with Crippen LogP contribution in [-0.4, -0.2) is 50.8 Å². The number of carbonyl (C=O) groups is 1. The lowest BCUT2D eigenvalue weighted by Crippen LogP contribution is -2.59. The van der Waals surface area contributed by atoms with E-state index in [1.54, 1.807) is 0 Å². The molecule has 0 aromatic heterocycles. The van der Waals surface area contributed by atoms with Crippen LogP contribution >= 0.6 is 0 Å². The van der Waals surface area contributed by atoms with Gasteiger partial charge in [0.15, 0.2) is 6.29 Å². The lowest BCUT2D eigenvalue weighted by Gasteiger charge is -2.47. The van der Waals surface area contributed by atoms with Crippen molar-refractivity contribution < 1.29 is 28.5 Å². The SMILES string of the molecule is COC(=O)CO[C@@H]1C(C)[C@H](N=[N+]=[N-])OC2COC(c3ccccc3)O[C@@H]21. The summed E-state index contributed by atoms with van der Waals surface area (Å²) in [5.74, 6) is -0.807. The maximum Gasteiger partial charge on any atom is 0.331 e. The molecule has 2 aliphatic heterocycles. The first-order valence-corrected chi connectivity index (χ1v) is 8.34. The monoisotopic (exact) mass is 363 g/mol. The number of methoxy groups -OCH3 is 1. The molecule has 2 fully saturated rings. The van der Waals surface area contributed by atoms with Gasteiger partial charge in [-0.1, -0.05) is 42.4 Å². The van der Waals surface area contributed by atoms with Gasteiger partial charge in [-0.2, -0.15) is 0 Å². The lowest BCUT2D eigenvalue weighted by atomic mass is 9.90. The van der Waals surface area contributed by atoms with Gasteiger partial charge in [0.1, 0.15) is 25.0 Å². The molecule has 0 aliphatic carbocycles. The van der Waals surface area contributed by atoms with Crippen molar-refractivity contribution in [3.63, 3.8) is 0 Å². The van der Waals surface area contributed by atoms with Crippen LogP contribution in [0.4, 0.5) is 0 Å². The second kappa shape index (κ2) is 8.48. The fourth-order valence-electron chi connectivity index (χ4n) is 3.15. The Labute approximate surface area is 150 Å². The van der Waals surface area contributed by atoms with Crippen molar-refractivity contribution in [1.29, 1.82) is 0 Å². The molecule has 1 aromatic carbocycles. The van der Waals surface area contributed by atoms with E-state index in [9.17, 15) is 4.79 Å². The van der Waals surface area contributed by atoms with E-state index in [-0.39, 0.29) is 19.1 Å². The molecule has 26 heavy (non-hydrogen) atoms. The molecule has 0 spiro atoms. The Morgan fingerprint density at radius 3 is 2.81 bits per heavy atom. The molecule has 0 amide bonds. The van der Waals surface area contributed by atoms with Crippen LogP contribution in [0.25, 0.3) is 10.4 Å². The van der Waals surface area contributed by atoms with Crippen LogP contribution in [-0.2, 0) is 28.5 Å². The summed E-state index contributed by atoms with van der Waals surface area (Å²) in [6, 6.07) is 9.53. The highest BCUT2D eigenvalue weighted by atomic mass is 16.7. The smallest absolute Gasteiger partial charge is 0.331 e. The van der Waals surface area contributed by atoms with Gasteiger partial charge in [0, 0.05) is 16.4 Å². The van der Waals surface area contributed by atoms with E-state index in [4.69, 9.17) is 24.5 Å². The molecule has 140 valence electrons. The van der Waals surface area contributed by atoms with Gasteiger partial charge in [-0.3, -0.25) is 0 Å². The Morgan fingerprint density at radius 1 is 1.35 bits per heavy atom. The molecule has 3 unspecified atom stereocenters. The first kappa shape index (κ1) is 18.6. The van der Waals surface area contributed by atoms with Crippen molar-refractivity contribution in [2.24, 2.45) is 11.0 Å². The summed E-state index contributed by atoms with van der Waals surface area (Å²) in [5.41, 5.74) is 9.64. The molecule has 9 nitrogen and oxygen atoms in total. The molecule has 3 rings (SSSR count). The van der Waals surface area contributed by atoms with Crippen LogP contribution in [0.5, 0.6) is 0 Å². The average Bonchev–Trinajstić information content (AvgIpc) is 2.68. The van der Waals surface area contributed by atoms with Gasteiger partial charge in [0.25, 0.3) is 0 Å². The fraction of sp³-hybridized carbons (Fsp3) is 0.588. The van der Waals surface area contributed by atoms with Gasteiger partial charge in [-0.15, -0.1) is 0 Å². The zero-order valence-corrected chi connectivity index (χ0v) is 14.6. The predicted octanol–water partition coefficient (Wildman–Crippen LogP) is 2.33. The van der Waals surface area contributed by atoms with Gasteiger partial charge >= 0.3 is 5.97 Å². The summed E-state index contributed by atoms with van der Waals surface area (Å²) < 4.78 is 28.1. The molecule has 0 saturated carbocycles. The van der Waals surface area contributed by atoms with Crippen LogP contribution in [0, 0.1) is 5.92 Å². The highest BCUT2D eigenvalue weighted by Gasteiger charge is 2.48. The summed E-state index contributed by atoms with van der Waals surface area (Å²) in [7, 11) is 1.29. The topological polar surface area (TPSA) is 112 Å². The number of hydrogen-bond acceptors (Lipinski definition) is 7. The Balaban J connectivity index is 1.79. The Kier molecular flexibility index (Phi) is 6.08. The van der Waals surface area contributed by atoms with Crippen molar-refractivity contribution in [3.8, 4) is 0 Å². The molecule has 0 radical (unpaired) electrons. The van der Waals surface area contributed by atoms with Gasteiger partial charge in [-0.05, 0) is 5.53 Å². The maximum absolute atomic E-state index is 11.5. The predicted molar refractivity (Wildman–Crippen MR) is 88.7 cm³/mol. The van der Waals surface area contributed by atoms with Gasteiger partial charge in [-0.25, -0.2) is 4.79 Å². The first-order chi connectivity index (χ1) is 12.6. The largest absolute Gasteiger partial charge is 0.467 e. The second-order valence-corrected chi connectivity index (χ2v) is 6.16.